The molecular weight excluding hydrogens is 348 g/mol. The van der Waals surface area contributed by atoms with Gasteiger partial charge in [0.05, 0.1) is 19.3 Å². The fraction of sp³-hybridized carbons (Fsp3) is 0.235. The molecular formula is C17H17BrO4. The lowest BCUT2D eigenvalue weighted by Crippen LogP contribution is -2.05. The highest BCUT2D eigenvalue weighted by atomic mass is 79.9. The maximum Gasteiger partial charge on any atom is 0.338 e. The summed E-state index contributed by atoms with van der Waals surface area (Å²) in [5.74, 6) is 0.654. The predicted molar refractivity (Wildman–Crippen MR) is 87.4 cm³/mol. The van der Waals surface area contributed by atoms with Crippen molar-refractivity contribution in [2.24, 2.45) is 0 Å². The normalized spacial score (nSPS) is 10.1. The van der Waals surface area contributed by atoms with Crippen molar-refractivity contribution in [2.75, 3.05) is 13.7 Å². The molecule has 0 saturated carbocycles. The highest BCUT2D eigenvalue weighted by Gasteiger charge is 2.16. The number of carbonyl (C=O) groups is 1. The fourth-order valence-corrected chi connectivity index (χ4v) is 2.37. The Bertz CT molecular complexity index is 641. The molecule has 0 aromatic heterocycles. The molecule has 0 unspecified atom stereocenters. The van der Waals surface area contributed by atoms with Crippen LogP contribution in [0.25, 0.3) is 0 Å². The van der Waals surface area contributed by atoms with Gasteiger partial charge in [0.1, 0.15) is 22.6 Å². The van der Waals surface area contributed by atoms with Crippen molar-refractivity contribution in [1.29, 1.82) is 0 Å². The van der Waals surface area contributed by atoms with Gasteiger partial charge >= 0.3 is 5.97 Å². The van der Waals surface area contributed by atoms with E-state index in [-0.39, 0.29) is 0 Å². The van der Waals surface area contributed by atoms with Gasteiger partial charge in [0.2, 0.25) is 0 Å². The maximum atomic E-state index is 11.8. The van der Waals surface area contributed by atoms with Gasteiger partial charge in [-0.1, -0.05) is 30.3 Å². The number of methoxy groups -OCH3 is 1. The molecule has 4 nitrogen and oxygen atoms in total. The van der Waals surface area contributed by atoms with E-state index in [1.54, 1.807) is 12.1 Å². The van der Waals surface area contributed by atoms with Crippen molar-refractivity contribution < 1.29 is 19.0 Å². The second kappa shape index (κ2) is 7.84. The third kappa shape index (κ3) is 4.01. The molecule has 0 aliphatic rings. The summed E-state index contributed by atoms with van der Waals surface area (Å²) in [4.78, 5) is 11.8. The van der Waals surface area contributed by atoms with Gasteiger partial charge in [-0.2, -0.15) is 0 Å². The van der Waals surface area contributed by atoms with E-state index in [1.165, 1.54) is 7.11 Å². The summed E-state index contributed by atoms with van der Waals surface area (Å²) >= 11 is 3.46. The number of rotatable bonds is 6. The summed E-state index contributed by atoms with van der Waals surface area (Å²) in [7, 11) is 1.34. The molecule has 0 radical (unpaired) electrons. The Morgan fingerprint density at radius 1 is 1.09 bits per heavy atom. The lowest BCUT2D eigenvalue weighted by atomic mass is 10.2. The minimum Gasteiger partial charge on any atom is -0.493 e. The van der Waals surface area contributed by atoms with E-state index in [9.17, 15) is 4.79 Å². The van der Waals surface area contributed by atoms with E-state index in [4.69, 9.17) is 14.2 Å². The Kier molecular flexibility index (Phi) is 5.83. The Hall–Kier alpha value is -2.01. The van der Waals surface area contributed by atoms with Gasteiger partial charge in [0, 0.05) is 0 Å². The van der Waals surface area contributed by atoms with E-state index >= 15 is 0 Å². The molecule has 0 spiro atoms. The van der Waals surface area contributed by atoms with E-state index in [1.807, 2.05) is 37.3 Å². The molecule has 22 heavy (non-hydrogen) atoms. The number of ether oxygens (including phenoxy) is 3. The first-order chi connectivity index (χ1) is 10.7. The standard InChI is InChI=1S/C17H17BrO4/c1-3-21-14-9-13(17(19)20-2)10-15(16(14)18)22-11-12-7-5-4-6-8-12/h4-10H,3,11H2,1-2H3. The van der Waals surface area contributed by atoms with E-state index in [0.29, 0.717) is 34.7 Å². The van der Waals surface area contributed by atoms with Gasteiger partial charge in [-0.25, -0.2) is 4.79 Å². The van der Waals surface area contributed by atoms with Crippen LogP contribution >= 0.6 is 15.9 Å². The zero-order valence-corrected chi connectivity index (χ0v) is 14.1. The summed E-state index contributed by atoms with van der Waals surface area (Å²) < 4.78 is 16.8. The van der Waals surface area contributed by atoms with Crippen LogP contribution in [0, 0.1) is 0 Å². The number of carbonyl (C=O) groups excluding carboxylic acids is 1. The first-order valence-electron chi connectivity index (χ1n) is 6.87. The summed E-state index contributed by atoms with van der Waals surface area (Å²) in [5.41, 5.74) is 1.42. The third-order valence-corrected chi connectivity index (χ3v) is 3.75. The van der Waals surface area contributed by atoms with E-state index in [2.05, 4.69) is 15.9 Å². The van der Waals surface area contributed by atoms with Crippen LogP contribution in [0.3, 0.4) is 0 Å². The summed E-state index contributed by atoms with van der Waals surface area (Å²) in [5, 5.41) is 0. The lowest BCUT2D eigenvalue weighted by Gasteiger charge is -2.14. The van der Waals surface area contributed by atoms with Crippen molar-refractivity contribution in [3.05, 3.63) is 58.1 Å². The molecule has 0 N–H and O–H groups in total. The van der Waals surface area contributed by atoms with Gasteiger partial charge in [0.15, 0.2) is 0 Å². The molecule has 0 fully saturated rings. The van der Waals surface area contributed by atoms with Crippen LogP contribution in [-0.2, 0) is 11.3 Å². The van der Waals surface area contributed by atoms with Crippen LogP contribution in [0.1, 0.15) is 22.8 Å². The molecule has 0 amide bonds. The second-order valence-corrected chi connectivity index (χ2v) is 5.28. The Morgan fingerprint density at radius 2 is 1.73 bits per heavy atom. The van der Waals surface area contributed by atoms with Crippen LogP contribution in [0.15, 0.2) is 46.9 Å². The van der Waals surface area contributed by atoms with Crippen LogP contribution in [-0.4, -0.2) is 19.7 Å². The first-order valence-corrected chi connectivity index (χ1v) is 7.66. The summed E-state index contributed by atoms with van der Waals surface area (Å²) in [6.07, 6.45) is 0. The smallest absolute Gasteiger partial charge is 0.338 e. The third-order valence-electron chi connectivity index (χ3n) is 2.96. The largest absolute Gasteiger partial charge is 0.493 e. The lowest BCUT2D eigenvalue weighted by molar-refractivity contribution is 0.0599. The molecule has 2 aromatic rings. The van der Waals surface area contributed by atoms with Crippen molar-refractivity contribution >= 4 is 21.9 Å². The average molecular weight is 365 g/mol. The van der Waals surface area contributed by atoms with E-state index < -0.39 is 5.97 Å². The van der Waals surface area contributed by atoms with Crippen LogP contribution < -0.4 is 9.47 Å². The van der Waals surface area contributed by atoms with Gasteiger partial charge < -0.3 is 14.2 Å². The molecule has 2 rings (SSSR count). The number of hydrogen-bond acceptors (Lipinski definition) is 4. The second-order valence-electron chi connectivity index (χ2n) is 4.49. The predicted octanol–water partition coefficient (Wildman–Crippen LogP) is 4.21. The van der Waals surface area contributed by atoms with Gasteiger partial charge in [-0.3, -0.25) is 0 Å². The molecule has 0 bridgehead atoms. The first kappa shape index (κ1) is 16.4. The monoisotopic (exact) mass is 364 g/mol. The van der Waals surface area contributed by atoms with Crippen LogP contribution in [0.5, 0.6) is 11.5 Å². The fourth-order valence-electron chi connectivity index (χ4n) is 1.91. The SMILES string of the molecule is CCOc1cc(C(=O)OC)cc(OCc2ccccc2)c1Br. The van der Waals surface area contributed by atoms with Crippen molar-refractivity contribution in [2.45, 2.75) is 13.5 Å². The van der Waals surface area contributed by atoms with E-state index in [0.717, 1.165) is 5.56 Å². The van der Waals surface area contributed by atoms with Crippen molar-refractivity contribution in [3.63, 3.8) is 0 Å². The molecule has 2 aromatic carbocycles. The van der Waals surface area contributed by atoms with Crippen LogP contribution in [0.4, 0.5) is 0 Å². The summed E-state index contributed by atoms with van der Waals surface area (Å²) in [6.45, 7) is 2.76. The Morgan fingerprint density at radius 3 is 2.32 bits per heavy atom. The van der Waals surface area contributed by atoms with Crippen molar-refractivity contribution in [3.8, 4) is 11.5 Å². The van der Waals surface area contributed by atoms with Crippen molar-refractivity contribution in [1.82, 2.24) is 0 Å². The Labute approximate surface area is 138 Å². The van der Waals surface area contributed by atoms with Crippen LogP contribution in [0.2, 0.25) is 0 Å². The average Bonchev–Trinajstić information content (AvgIpc) is 2.56. The molecule has 0 heterocycles. The van der Waals surface area contributed by atoms with Gasteiger partial charge in [0.25, 0.3) is 0 Å². The summed E-state index contributed by atoms with van der Waals surface area (Å²) in [6, 6.07) is 13.1. The number of esters is 1. The highest BCUT2D eigenvalue weighted by molar-refractivity contribution is 9.10. The Balaban J connectivity index is 2.28. The molecule has 116 valence electrons. The molecule has 0 aliphatic carbocycles. The zero-order valence-electron chi connectivity index (χ0n) is 12.5. The van der Waals surface area contributed by atoms with Gasteiger partial charge in [-0.15, -0.1) is 0 Å². The topological polar surface area (TPSA) is 44.8 Å². The quantitative estimate of drug-likeness (QED) is 0.720. The molecule has 5 heteroatoms. The number of hydrogen-bond donors (Lipinski definition) is 0. The minimum atomic E-state index is -0.432. The number of halogens is 1. The number of benzene rings is 2. The highest BCUT2D eigenvalue weighted by Crippen LogP contribution is 2.36. The minimum absolute atomic E-state index is 0.386. The zero-order chi connectivity index (χ0) is 15.9. The molecule has 0 saturated heterocycles. The molecule has 0 atom stereocenters. The van der Waals surface area contributed by atoms with Gasteiger partial charge in [-0.05, 0) is 40.5 Å². The maximum absolute atomic E-state index is 11.8. The molecule has 0 aliphatic heterocycles.